The number of nitrogens with zero attached hydrogens (tertiary/aromatic N) is 1. The van der Waals surface area contributed by atoms with Crippen molar-refractivity contribution in [1.29, 1.82) is 0 Å². The number of hydrogen-bond donors (Lipinski definition) is 1. The zero-order valence-corrected chi connectivity index (χ0v) is 10.1. The number of nitrogens with two attached hydrogens (primary N) is 1. The second-order valence-electron chi connectivity index (χ2n) is 3.65. The highest BCUT2D eigenvalue weighted by Gasteiger charge is 2.16. The molecule has 0 saturated carbocycles. The van der Waals surface area contributed by atoms with Gasteiger partial charge in [-0.1, -0.05) is 0 Å². The SMILES string of the molecule is COC(=O)c1cc(Oc2cccnc2)c(F)cc1N. The van der Waals surface area contributed by atoms with E-state index < -0.39 is 11.8 Å². The number of ether oxygens (including phenoxy) is 2. The lowest BCUT2D eigenvalue weighted by atomic mass is 10.1. The van der Waals surface area contributed by atoms with Crippen molar-refractivity contribution < 1.29 is 18.7 Å². The summed E-state index contributed by atoms with van der Waals surface area (Å²) >= 11 is 0. The van der Waals surface area contributed by atoms with E-state index in [1.54, 1.807) is 18.3 Å². The van der Waals surface area contributed by atoms with Crippen molar-refractivity contribution in [2.24, 2.45) is 0 Å². The van der Waals surface area contributed by atoms with Crippen LogP contribution >= 0.6 is 0 Å². The van der Waals surface area contributed by atoms with E-state index in [-0.39, 0.29) is 17.0 Å². The summed E-state index contributed by atoms with van der Waals surface area (Å²) in [7, 11) is 1.22. The summed E-state index contributed by atoms with van der Waals surface area (Å²) in [5.74, 6) is -1.10. The number of hydrogen-bond acceptors (Lipinski definition) is 5. The van der Waals surface area contributed by atoms with Gasteiger partial charge in [0, 0.05) is 24.0 Å². The highest BCUT2D eigenvalue weighted by atomic mass is 19.1. The molecule has 5 nitrogen and oxygen atoms in total. The predicted octanol–water partition coefficient (Wildman–Crippen LogP) is 2.38. The molecule has 0 radical (unpaired) electrons. The summed E-state index contributed by atoms with van der Waals surface area (Å²) in [5, 5.41) is 0. The summed E-state index contributed by atoms with van der Waals surface area (Å²) in [5.41, 5.74) is 5.58. The monoisotopic (exact) mass is 262 g/mol. The number of carbonyl (C=O) groups excluding carboxylic acids is 1. The average molecular weight is 262 g/mol. The normalized spacial score (nSPS) is 10.0. The van der Waals surface area contributed by atoms with Crippen molar-refractivity contribution in [3.05, 3.63) is 48.0 Å². The first-order chi connectivity index (χ1) is 9.11. The van der Waals surface area contributed by atoms with Crippen LogP contribution in [0.5, 0.6) is 11.5 Å². The van der Waals surface area contributed by atoms with E-state index in [4.69, 9.17) is 10.5 Å². The highest BCUT2D eigenvalue weighted by molar-refractivity contribution is 5.95. The summed E-state index contributed by atoms with van der Waals surface area (Å²) in [6.07, 6.45) is 2.99. The lowest BCUT2D eigenvalue weighted by molar-refractivity contribution is 0.0601. The number of benzene rings is 1. The van der Waals surface area contributed by atoms with Crippen molar-refractivity contribution >= 4 is 11.7 Å². The Morgan fingerprint density at radius 1 is 1.42 bits per heavy atom. The lowest BCUT2D eigenvalue weighted by Crippen LogP contribution is -2.06. The van der Waals surface area contributed by atoms with Gasteiger partial charge in [0.15, 0.2) is 11.6 Å². The van der Waals surface area contributed by atoms with E-state index in [0.29, 0.717) is 5.75 Å². The molecule has 2 N–H and O–H groups in total. The van der Waals surface area contributed by atoms with Crippen LogP contribution in [0.2, 0.25) is 0 Å². The van der Waals surface area contributed by atoms with E-state index in [9.17, 15) is 9.18 Å². The van der Waals surface area contributed by atoms with E-state index in [2.05, 4.69) is 9.72 Å². The number of esters is 1. The number of carbonyl (C=O) groups is 1. The molecule has 0 aliphatic carbocycles. The van der Waals surface area contributed by atoms with Crippen molar-refractivity contribution in [3.63, 3.8) is 0 Å². The molecule has 1 aromatic heterocycles. The van der Waals surface area contributed by atoms with Gasteiger partial charge in [0.25, 0.3) is 0 Å². The zero-order valence-electron chi connectivity index (χ0n) is 10.1. The second kappa shape index (κ2) is 5.34. The van der Waals surface area contributed by atoms with E-state index in [1.807, 2.05) is 0 Å². The van der Waals surface area contributed by atoms with Gasteiger partial charge in [-0.15, -0.1) is 0 Å². The van der Waals surface area contributed by atoms with Gasteiger partial charge in [-0.05, 0) is 12.1 Å². The summed E-state index contributed by atoms with van der Waals surface area (Å²) in [6, 6.07) is 5.47. The molecule has 0 aliphatic heterocycles. The molecule has 1 heterocycles. The molecule has 0 fully saturated rings. The Balaban J connectivity index is 2.38. The molecule has 98 valence electrons. The van der Waals surface area contributed by atoms with E-state index in [1.165, 1.54) is 19.4 Å². The predicted molar refractivity (Wildman–Crippen MR) is 66.5 cm³/mol. The van der Waals surface area contributed by atoms with Gasteiger partial charge < -0.3 is 15.2 Å². The minimum atomic E-state index is -0.672. The number of aromatic nitrogens is 1. The van der Waals surface area contributed by atoms with Crippen LogP contribution < -0.4 is 10.5 Å². The zero-order chi connectivity index (χ0) is 13.8. The maximum atomic E-state index is 13.7. The molecule has 1 aromatic carbocycles. The van der Waals surface area contributed by atoms with Crippen LogP contribution in [0.3, 0.4) is 0 Å². The fraction of sp³-hybridized carbons (Fsp3) is 0.0769. The molecule has 0 spiro atoms. The van der Waals surface area contributed by atoms with Gasteiger partial charge in [-0.3, -0.25) is 4.98 Å². The Kier molecular flexibility index (Phi) is 3.61. The molecule has 2 rings (SSSR count). The topological polar surface area (TPSA) is 74.4 Å². The number of anilines is 1. The van der Waals surface area contributed by atoms with Crippen molar-refractivity contribution in [1.82, 2.24) is 4.98 Å². The van der Waals surface area contributed by atoms with Crippen LogP contribution in [0.1, 0.15) is 10.4 Å². The van der Waals surface area contributed by atoms with Gasteiger partial charge in [-0.25, -0.2) is 9.18 Å². The van der Waals surface area contributed by atoms with Crippen LogP contribution in [0.25, 0.3) is 0 Å². The molecule has 0 amide bonds. The first kappa shape index (κ1) is 12.8. The number of methoxy groups -OCH3 is 1. The Morgan fingerprint density at radius 2 is 2.21 bits per heavy atom. The summed E-state index contributed by atoms with van der Waals surface area (Å²) in [4.78, 5) is 15.3. The van der Waals surface area contributed by atoms with Crippen molar-refractivity contribution in [2.75, 3.05) is 12.8 Å². The third-order valence-electron chi connectivity index (χ3n) is 2.37. The first-order valence-electron chi connectivity index (χ1n) is 5.37. The van der Waals surface area contributed by atoms with Crippen LogP contribution in [0, 0.1) is 5.82 Å². The minimum Gasteiger partial charge on any atom is -0.465 e. The molecular weight excluding hydrogens is 251 g/mol. The molecule has 0 bridgehead atoms. The van der Waals surface area contributed by atoms with Crippen molar-refractivity contribution in [2.45, 2.75) is 0 Å². The quantitative estimate of drug-likeness (QED) is 0.679. The molecular formula is C13H11FN2O3. The number of rotatable bonds is 3. The lowest BCUT2D eigenvalue weighted by Gasteiger charge is -2.09. The van der Waals surface area contributed by atoms with E-state index >= 15 is 0 Å². The fourth-order valence-corrected chi connectivity index (χ4v) is 1.47. The first-order valence-corrected chi connectivity index (χ1v) is 5.37. The maximum absolute atomic E-state index is 13.7. The Morgan fingerprint density at radius 3 is 2.84 bits per heavy atom. The summed E-state index contributed by atoms with van der Waals surface area (Å²) < 4.78 is 23.6. The molecule has 0 saturated heterocycles. The Labute approximate surface area is 108 Å². The molecule has 0 aliphatic rings. The Bertz CT molecular complexity index is 602. The Hall–Kier alpha value is -2.63. The number of pyridine rings is 1. The largest absolute Gasteiger partial charge is 0.465 e. The van der Waals surface area contributed by atoms with Gasteiger partial charge in [0.1, 0.15) is 5.75 Å². The molecule has 0 atom stereocenters. The molecule has 19 heavy (non-hydrogen) atoms. The van der Waals surface area contributed by atoms with Gasteiger partial charge in [-0.2, -0.15) is 0 Å². The van der Waals surface area contributed by atoms with Gasteiger partial charge in [0.2, 0.25) is 0 Å². The van der Waals surface area contributed by atoms with Crippen LogP contribution in [-0.2, 0) is 4.74 Å². The van der Waals surface area contributed by atoms with Crippen LogP contribution in [0.15, 0.2) is 36.7 Å². The van der Waals surface area contributed by atoms with Crippen LogP contribution in [-0.4, -0.2) is 18.1 Å². The second-order valence-corrected chi connectivity index (χ2v) is 3.65. The smallest absolute Gasteiger partial charge is 0.340 e. The fourth-order valence-electron chi connectivity index (χ4n) is 1.47. The standard InChI is InChI=1S/C13H11FN2O3/c1-18-13(17)9-5-12(10(14)6-11(9)15)19-8-3-2-4-16-7-8/h2-7H,15H2,1H3. The third-order valence-corrected chi connectivity index (χ3v) is 2.37. The van der Waals surface area contributed by atoms with Gasteiger partial charge >= 0.3 is 5.97 Å². The maximum Gasteiger partial charge on any atom is 0.340 e. The van der Waals surface area contributed by atoms with E-state index in [0.717, 1.165) is 6.07 Å². The minimum absolute atomic E-state index is 0.0112. The third kappa shape index (κ3) is 2.79. The number of halogens is 1. The molecule has 6 heteroatoms. The number of nitrogen functional groups attached to an aromatic ring is 1. The summed E-state index contributed by atoms with van der Waals surface area (Å²) in [6.45, 7) is 0. The highest BCUT2D eigenvalue weighted by Crippen LogP contribution is 2.28. The van der Waals surface area contributed by atoms with Gasteiger partial charge in [0.05, 0.1) is 18.9 Å². The molecule has 0 unspecified atom stereocenters. The average Bonchev–Trinajstić information content (AvgIpc) is 2.42. The molecule has 2 aromatic rings. The van der Waals surface area contributed by atoms with Crippen LogP contribution in [0.4, 0.5) is 10.1 Å². The van der Waals surface area contributed by atoms with Crippen molar-refractivity contribution in [3.8, 4) is 11.5 Å².